The zero-order valence-corrected chi connectivity index (χ0v) is 23.5. The van der Waals surface area contributed by atoms with Gasteiger partial charge < -0.3 is 26.0 Å². The van der Waals surface area contributed by atoms with Crippen molar-refractivity contribution < 1.29 is 46.3 Å². The molecule has 3 atom stereocenters. The molecular weight excluding hydrogens is 576 g/mol. The molecule has 4 N–H and O–H groups in total. The van der Waals surface area contributed by atoms with E-state index in [1.165, 1.54) is 0 Å². The van der Waals surface area contributed by atoms with E-state index in [9.17, 15) is 41.5 Å². The summed E-state index contributed by atoms with van der Waals surface area (Å²) in [4.78, 5) is 63.5. The van der Waals surface area contributed by atoms with Gasteiger partial charge >= 0.3 is 11.8 Å². The van der Waals surface area contributed by atoms with Gasteiger partial charge in [0.1, 0.15) is 12.6 Å². The Morgan fingerprint density at radius 3 is 2.19 bits per heavy atom. The number of benzene rings is 2. The van der Waals surface area contributed by atoms with Gasteiger partial charge in [-0.15, -0.1) is 0 Å². The van der Waals surface area contributed by atoms with Crippen molar-refractivity contribution >= 4 is 29.4 Å². The summed E-state index contributed by atoms with van der Waals surface area (Å²) in [6.45, 7) is 2.77. The second kappa shape index (κ2) is 15.1. The standard InChI is InChI=1S/C29H32F4N4O6/c1-15(2)10-21(37-29(42)28(41)35-13-16-6-4-3-5-7-16)27(40)36-20(11-17-8-9-34-26(17)39)22(38)14-43-25-23(32)18(30)12-19(31)24(25)33/h3-7,12,15,17,20-21H,8-11,13-14H2,1-2H3,(H,34,39)(H,35,41)(H,36,40)(H,37,42)/t17-,20-,21-/m0/s1. The Balaban J connectivity index is 1.72. The zero-order valence-electron chi connectivity index (χ0n) is 23.5. The molecule has 4 amide bonds. The van der Waals surface area contributed by atoms with Crippen LogP contribution in [0.4, 0.5) is 17.6 Å². The highest BCUT2D eigenvalue weighted by atomic mass is 19.2. The highest BCUT2D eigenvalue weighted by molar-refractivity contribution is 6.35. The van der Waals surface area contributed by atoms with Gasteiger partial charge in [-0.2, -0.15) is 8.78 Å². The minimum atomic E-state index is -1.85. The van der Waals surface area contributed by atoms with E-state index in [-0.39, 0.29) is 37.3 Å². The van der Waals surface area contributed by atoms with Crippen LogP contribution in [0.3, 0.4) is 0 Å². The number of halogens is 4. The number of nitrogens with one attached hydrogen (secondary N) is 4. The summed E-state index contributed by atoms with van der Waals surface area (Å²) in [5, 5.41) is 9.81. The van der Waals surface area contributed by atoms with E-state index >= 15 is 0 Å². The average Bonchev–Trinajstić information content (AvgIpc) is 3.38. The van der Waals surface area contributed by atoms with E-state index < -0.39 is 77.1 Å². The van der Waals surface area contributed by atoms with Crippen molar-refractivity contribution in [3.8, 4) is 5.75 Å². The summed E-state index contributed by atoms with van der Waals surface area (Å²) in [6, 6.07) is 6.02. The zero-order chi connectivity index (χ0) is 31.7. The lowest BCUT2D eigenvalue weighted by Gasteiger charge is -2.25. The molecule has 10 nitrogen and oxygen atoms in total. The molecule has 1 saturated heterocycles. The Morgan fingerprint density at radius 2 is 1.60 bits per heavy atom. The third kappa shape index (κ3) is 9.25. The number of ketones is 1. The van der Waals surface area contributed by atoms with E-state index in [1.54, 1.807) is 44.2 Å². The lowest BCUT2D eigenvalue weighted by molar-refractivity contribution is -0.141. The third-order valence-corrected chi connectivity index (χ3v) is 6.65. The van der Waals surface area contributed by atoms with Crippen molar-refractivity contribution in [2.75, 3.05) is 13.2 Å². The fraction of sp³-hybridized carbons (Fsp3) is 0.414. The molecule has 0 bridgehead atoms. The van der Waals surface area contributed by atoms with Gasteiger partial charge in [-0.1, -0.05) is 44.2 Å². The summed E-state index contributed by atoms with van der Waals surface area (Å²) >= 11 is 0. The first-order valence-corrected chi connectivity index (χ1v) is 13.6. The van der Waals surface area contributed by atoms with Crippen LogP contribution in [-0.2, 0) is 30.5 Å². The number of hydrogen-bond donors (Lipinski definition) is 4. The lowest BCUT2D eigenvalue weighted by atomic mass is 9.95. The molecule has 0 aliphatic carbocycles. The largest absolute Gasteiger partial charge is 0.479 e. The van der Waals surface area contributed by atoms with Crippen LogP contribution in [0.15, 0.2) is 36.4 Å². The topological polar surface area (TPSA) is 143 Å². The smallest absolute Gasteiger partial charge is 0.309 e. The number of ether oxygens (including phenoxy) is 1. The second-order valence-corrected chi connectivity index (χ2v) is 10.4. The molecule has 43 heavy (non-hydrogen) atoms. The molecule has 0 saturated carbocycles. The number of Topliss-reactive ketones (excluding diaryl/α,β-unsaturated/α-hetero) is 1. The Bertz CT molecular complexity index is 1330. The molecule has 0 unspecified atom stereocenters. The van der Waals surface area contributed by atoms with Crippen molar-refractivity contribution in [3.63, 3.8) is 0 Å². The predicted octanol–water partition coefficient (Wildman–Crippen LogP) is 2.05. The van der Waals surface area contributed by atoms with Gasteiger partial charge in [0.25, 0.3) is 0 Å². The fourth-order valence-electron chi connectivity index (χ4n) is 4.40. The van der Waals surface area contributed by atoms with E-state index in [2.05, 4.69) is 21.3 Å². The molecule has 0 spiro atoms. The van der Waals surface area contributed by atoms with Crippen LogP contribution in [0, 0.1) is 35.1 Å². The first kappa shape index (κ1) is 33.0. The van der Waals surface area contributed by atoms with Crippen LogP contribution in [0.1, 0.15) is 38.7 Å². The highest BCUT2D eigenvalue weighted by Gasteiger charge is 2.34. The fourth-order valence-corrected chi connectivity index (χ4v) is 4.40. The molecule has 3 rings (SSSR count). The maximum absolute atomic E-state index is 14.0. The van der Waals surface area contributed by atoms with Gasteiger partial charge in [0.15, 0.2) is 23.2 Å². The monoisotopic (exact) mass is 608 g/mol. The minimum Gasteiger partial charge on any atom is -0.479 e. The number of amides is 4. The molecule has 1 aliphatic heterocycles. The van der Waals surface area contributed by atoms with Crippen LogP contribution in [0.2, 0.25) is 0 Å². The van der Waals surface area contributed by atoms with Crippen LogP contribution < -0.4 is 26.0 Å². The lowest BCUT2D eigenvalue weighted by Crippen LogP contribution is -2.55. The molecule has 0 aromatic heterocycles. The van der Waals surface area contributed by atoms with Crippen molar-refractivity contribution in [2.45, 2.75) is 51.7 Å². The number of hydrogen-bond acceptors (Lipinski definition) is 6. The van der Waals surface area contributed by atoms with Crippen LogP contribution in [0.5, 0.6) is 5.75 Å². The van der Waals surface area contributed by atoms with Gasteiger partial charge in [-0.25, -0.2) is 8.78 Å². The second-order valence-electron chi connectivity index (χ2n) is 10.4. The van der Waals surface area contributed by atoms with Gasteiger partial charge in [0, 0.05) is 25.1 Å². The Hall–Kier alpha value is -4.49. The Morgan fingerprint density at radius 1 is 0.953 bits per heavy atom. The summed E-state index contributed by atoms with van der Waals surface area (Å²) in [7, 11) is 0. The van der Waals surface area contributed by atoms with Crippen LogP contribution >= 0.6 is 0 Å². The molecule has 2 aromatic rings. The van der Waals surface area contributed by atoms with Crippen LogP contribution in [0.25, 0.3) is 0 Å². The van der Waals surface area contributed by atoms with E-state index in [4.69, 9.17) is 4.74 Å². The quantitative estimate of drug-likeness (QED) is 0.156. The van der Waals surface area contributed by atoms with E-state index in [1.807, 2.05) is 0 Å². The van der Waals surface area contributed by atoms with Gasteiger partial charge in [0.05, 0.1) is 6.04 Å². The number of rotatable bonds is 13. The third-order valence-electron chi connectivity index (χ3n) is 6.65. The molecule has 0 radical (unpaired) electrons. The molecule has 1 fully saturated rings. The molecule has 1 aliphatic rings. The predicted molar refractivity (Wildman–Crippen MR) is 144 cm³/mol. The average molecular weight is 609 g/mol. The van der Waals surface area contributed by atoms with E-state index in [0.717, 1.165) is 5.56 Å². The number of carbonyl (C=O) groups is 5. The van der Waals surface area contributed by atoms with Crippen molar-refractivity contribution in [1.82, 2.24) is 21.3 Å². The van der Waals surface area contributed by atoms with Crippen LogP contribution in [-0.4, -0.2) is 54.6 Å². The number of carbonyl (C=O) groups excluding carboxylic acids is 5. The Kier molecular flexibility index (Phi) is 11.6. The SMILES string of the molecule is CC(C)C[C@H](NC(=O)C(=O)NCc1ccccc1)C(=O)N[C@@H](C[C@@H]1CCNC1=O)C(=O)COc1c(F)c(F)cc(F)c1F. The molecular formula is C29H32F4N4O6. The normalized spacial score (nSPS) is 15.8. The van der Waals surface area contributed by atoms with Crippen molar-refractivity contribution in [3.05, 3.63) is 65.2 Å². The molecule has 14 heteroatoms. The molecule has 232 valence electrons. The summed E-state index contributed by atoms with van der Waals surface area (Å²) in [5.41, 5.74) is 0.736. The first-order valence-electron chi connectivity index (χ1n) is 13.6. The Labute approximate surface area is 244 Å². The summed E-state index contributed by atoms with van der Waals surface area (Å²) < 4.78 is 60.0. The van der Waals surface area contributed by atoms with E-state index in [0.29, 0.717) is 13.0 Å². The van der Waals surface area contributed by atoms with Gasteiger partial charge in [-0.05, 0) is 30.7 Å². The molecule has 2 aromatic carbocycles. The van der Waals surface area contributed by atoms with Crippen molar-refractivity contribution in [2.24, 2.45) is 11.8 Å². The maximum atomic E-state index is 14.0. The van der Waals surface area contributed by atoms with Crippen molar-refractivity contribution in [1.29, 1.82) is 0 Å². The first-order chi connectivity index (χ1) is 20.4. The molecule has 1 heterocycles. The van der Waals surface area contributed by atoms with Gasteiger partial charge in [0.2, 0.25) is 23.4 Å². The highest BCUT2D eigenvalue weighted by Crippen LogP contribution is 2.26. The summed E-state index contributed by atoms with van der Waals surface area (Å²) in [5.74, 6) is -13.8. The summed E-state index contributed by atoms with van der Waals surface area (Å²) in [6.07, 6.45) is 0.150. The van der Waals surface area contributed by atoms with Gasteiger partial charge in [-0.3, -0.25) is 24.0 Å². The minimum absolute atomic E-state index is 0.0217. The maximum Gasteiger partial charge on any atom is 0.309 e.